The van der Waals surface area contributed by atoms with Gasteiger partial charge in [0.25, 0.3) is 0 Å². The summed E-state index contributed by atoms with van der Waals surface area (Å²) in [4.78, 5) is 23.0. The predicted molar refractivity (Wildman–Crippen MR) is 126 cm³/mol. The summed E-state index contributed by atoms with van der Waals surface area (Å²) in [7, 11) is 1.80. The van der Waals surface area contributed by atoms with Gasteiger partial charge in [-0.05, 0) is 53.4 Å². The number of alkyl carbamates (subject to hydrolysis) is 1. The number of carbonyl (C=O) groups excluding carboxylic acids is 1. The normalized spacial score (nSPS) is 17.2. The molecule has 7 nitrogen and oxygen atoms in total. The molecule has 1 amide bonds. The number of ether oxygens (including phenoxy) is 1. The number of hydrogen-bond acceptors (Lipinski definition) is 5. The summed E-state index contributed by atoms with van der Waals surface area (Å²) in [5.74, 6) is 0.897. The molecule has 1 saturated heterocycles. The van der Waals surface area contributed by atoms with Crippen molar-refractivity contribution in [2.24, 2.45) is 4.99 Å². The minimum absolute atomic E-state index is 0. The monoisotopic (exact) mass is 523 g/mol. The molecular weight excluding hydrogens is 489 g/mol. The molecule has 9 heteroatoms. The molecule has 2 N–H and O–H groups in total. The molecule has 1 atom stereocenters. The predicted octanol–water partition coefficient (Wildman–Crippen LogP) is 3.57. The molecule has 0 radical (unpaired) electrons. The fraction of sp³-hybridized carbons (Fsp3) is 0.737. The van der Waals surface area contributed by atoms with Gasteiger partial charge in [0.1, 0.15) is 5.60 Å². The number of likely N-dealkylation sites (tertiary alicyclic amines) is 1. The number of amides is 1. The van der Waals surface area contributed by atoms with E-state index in [1.54, 1.807) is 18.4 Å². The van der Waals surface area contributed by atoms with Gasteiger partial charge in [-0.2, -0.15) is 0 Å². The topological polar surface area (TPSA) is 78.9 Å². The van der Waals surface area contributed by atoms with Gasteiger partial charge in [0.05, 0.1) is 11.0 Å². The second-order valence-electron chi connectivity index (χ2n) is 7.89. The van der Waals surface area contributed by atoms with Gasteiger partial charge in [-0.3, -0.25) is 4.99 Å². The Balaban J connectivity index is 0.00000392. The third kappa shape index (κ3) is 8.93. The number of halogens is 1. The molecule has 0 bridgehead atoms. The van der Waals surface area contributed by atoms with Crippen molar-refractivity contribution in [2.45, 2.75) is 65.0 Å². The van der Waals surface area contributed by atoms with Gasteiger partial charge >= 0.3 is 6.09 Å². The van der Waals surface area contributed by atoms with E-state index in [1.165, 1.54) is 5.01 Å². The van der Waals surface area contributed by atoms with E-state index < -0.39 is 5.60 Å². The molecule has 2 rings (SSSR count). The van der Waals surface area contributed by atoms with Crippen LogP contribution in [0.5, 0.6) is 0 Å². The summed E-state index contributed by atoms with van der Waals surface area (Å²) in [6.45, 7) is 10.2. The molecule has 0 spiro atoms. The van der Waals surface area contributed by atoms with Crippen molar-refractivity contribution in [3.05, 3.63) is 16.1 Å². The maximum atomic E-state index is 11.9. The lowest BCUT2D eigenvalue weighted by atomic mass is 10.2. The van der Waals surface area contributed by atoms with Crippen molar-refractivity contribution in [1.82, 2.24) is 20.5 Å². The number of hydrogen-bond donors (Lipinski definition) is 2. The zero-order valence-electron chi connectivity index (χ0n) is 17.6. The largest absolute Gasteiger partial charge is 0.444 e. The quantitative estimate of drug-likeness (QED) is 0.258. The van der Waals surface area contributed by atoms with E-state index in [-0.39, 0.29) is 36.1 Å². The maximum absolute atomic E-state index is 11.9. The SMILES string of the molecule is CN=C(NCCCCc1nc(C)cs1)N1CCC(NC(=O)OC(C)(C)C)C1.I. The first kappa shape index (κ1) is 24.9. The highest BCUT2D eigenvalue weighted by molar-refractivity contribution is 14.0. The number of nitrogens with one attached hydrogen (secondary N) is 2. The summed E-state index contributed by atoms with van der Waals surface area (Å²) in [5.41, 5.74) is 0.634. The average Bonchev–Trinajstić information content (AvgIpc) is 3.18. The molecule has 1 aromatic rings. The number of unbranched alkanes of at least 4 members (excludes halogenated alkanes) is 1. The molecule has 2 heterocycles. The second-order valence-corrected chi connectivity index (χ2v) is 8.83. The van der Waals surface area contributed by atoms with Crippen LogP contribution in [0, 0.1) is 6.92 Å². The van der Waals surface area contributed by atoms with Gasteiger partial charge < -0.3 is 20.3 Å². The van der Waals surface area contributed by atoms with Crippen LogP contribution >= 0.6 is 35.3 Å². The highest BCUT2D eigenvalue weighted by atomic mass is 127. The van der Waals surface area contributed by atoms with Crippen LogP contribution in [-0.4, -0.2) is 60.3 Å². The van der Waals surface area contributed by atoms with E-state index in [1.807, 2.05) is 27.7 Å². The Bertz CT molecular complexity index is 645. The van der Waals surface area contributed by atoms with Crippen molar-refractivity contribution >= 4 is 47.4 Å². The summed E-state index contributed by atoms with van der Waals surface area (Å²) in [6.07, 6.45) is 3.76. The molecule has 1 aliphatic heterocycles. The smallest absolute Gasteiger partial charge is 0.407 e. The van der Waals surface area contributed by atoms with Crippen LogP contribution in [0.25, 0.3) is 0 Å². The van der Waals surface area contributed by atoms with Gasteiger partial charge in [0.2, 0.25) is 0 Å². The maximum Gasteiger partial charge on any atom is 0.407 e. The van der Waals surface area contributed by atoms with Crippen LogP contribution < -0.4 is 10.6 Å². The Morgan fingerprint density at radius 3 is 2.79 bits per heavy atom. The summed E-state index contributed by atoms with van der Waals surface area (Å²) >= 11 is 1.74. The molecule has 1 fully saturated rings. The Morgan fingerprint density at radius 1 is 1.43 bits per heavy atom. The lowest BCUT2D eigenvalue weighted by molar-refractivity contribution is 0.0507. The number of carbonyl (C=O) groups is 1. The molecule has 28 heavy (non-hydrogen) atoms. The third-order valence-corrected chi connectivity index (χ3v) is 5.21. The minimum Gasteiger partial charge on any atom is -0.444 e. The van der Waals surface area contributed by atoms with Crippen LogP contribution in [0.4, 0.5) is 4.79 Å². The molecule has 0 saturated carbocycles. The van der Waals surface area contributed by atoms with Crippen molar-refractivity contribution < 1.29 is 9.53 Å². The van der Waals surface area contributed by atoms with Gasteiger partial charge in [-0.1, -0.05) is 0 Å². The van der Waals surface area contributed by atoms with Crippen molar-refractivity contribution in [1.29, 1.82) is 0 Å². The van der Waals surface area contributed by atoms with Crippen molar-refractivity contribution in [2.75, 3.05) is 26.7 Å². The third-order valence-electron chi connectivity index (χ3n) is 4.19. The number of aryl methyl sites for hydroxylation is 2. The van der Waals surface area contributed by atoms with Crippen LogP contribution in [-0.2, 0) is 11.2 Å². The zero-order chi connectivity index (χ0) is 19.9. The number of aliphatic imine (C=N–C) groups is 1. The summed E-state index contributed by atoms with van der Waals surface area (Å²) < 4.78 is 5.33. The lowest BCUT2D eigenvalue weighted by Crippen LogP contribution is -2.44. The molecule has 1 aliphatic rings. The fourth-order valence-electron chi connectivity index (χ4n) is 3.00. The summed E-state index contributed by atoms with van der Waals surface area (Å²) in [5, 5.41) is 9.70. The number of guanidine groups is 1. The minimum atomic E-state index is -0.475. The Morgan fingerprint density at radius 2 is 2.18 bits per heavy atom. The first-order valence-electron chi connectivity index (χ1n) is 9.63. The lowest BCUT2D eigenvalue weighted by Gasteiger charge is -2.23. The first-order valence-corrected chi connectivity index (χ1v) is 10.5. The fourth-order valence-corrected chi connectivity index (χ4v) is 3.81. The summed E-state index contributed by atoms with van der Waals surface area (Å²) in [6, 6.07) is 0.0894. The van der Waals surface area contributed by atoms with Gasteiger partial charge in [-0.15, -0.1) is 35.3 Å². The van der Waals surface area contributed by atoms with E-state index in [0.717, 1.165) is 57.0 Å². The molecule has 1 aromatic heterocycles. The van der Waals surface area contributed by atoms with E-state index in [2.05, 4.69) is 30.9 Å². The standard InChI is InChI=1S/C19H33N5O2S.HI/c1-14-13-27-16(22-14)8-6-7-10-21-17(20-5)24-11-9-15(12-24)23-18(25)26-19(2,3)4;/h13,15H,6-12H2,1-5H3,(H,20,21)(H,23,25);1H. The van der Waals surface area contributed by atoms with Crippen LogP contribution in [0.3, 0.4) is 0 Å². The van der Waals surface area contributed by atoms with Crippen molar-refractivity contribution in [3.8, 4) is 0 Å². The van der Waals surface area contributed by atoms with Crippen molar-refractivity contribution in [3.63, 3.8) is 0 Å². The highest BCUT2D eigenvalue weighted by Crippen LogP contribution is 2.13. The average molecular weight is 523 g/mol. The van der Waals surface area contributed by atoms with Crippen LogP contribution in [0.15, 0.2) is 10.4 Å². The number of rotatable bonds is 6. The number of aromatic nitrogens is 1. The van der Waals surface area contributed by atoms with Gasteiger partial charge in [0, 0.05) is 37.8 Å². The van der Waals surface area contributed by atoms with Crippen LogP contribution in [0.2, 0.25) is 0 Å². The molecular formula is C19H34IN5O2S. The second kappa shape index (κ2) is 11.8. The number of nitrogens with zero attached hydrogens (tertiary/aromatic N) is 3. The van der Waals surface area contributed by atoms with E-state index in [4.69, 9.17) is 4.74 Å². The number of thiazole rings is 1. The van der Waals surface area contributed by atoms with Crippen LogP contribution in [0.1, 0.15) is 50.7 Å². The molecule has 1 unspecified atom stereocenters. The van der Waals surface area contributed by atoms with E-state index in [9.17, 15) is 4.79 Å². The molecule has 160 valence electrons. The Labute approximate surface area is 189 Å². The Hall–Kier alpha value is -1.10. The van der Waals surface area contributed by atoms with Gasteiger partial charge in [0.15, 0.2) is 5.96 Å². The van der Waals surface area contributed by atoms with Gasteiger partial charge in [-0.25, -0.2) is 9.78 Å². The van der Waals surface area contributed by atoms with E-state index in [0.29, 0.717) is 0 Å². The Kier molecular flexibility index (Phi) is 10.5. The zero-order valence-corrected chi connectivity index (χ0v) is 20.7. The molecule has 0 aliphatic carbocycles. The highest BCUT2D eigenvalue weighted by Gasteiger charge is 2.27. The first-order chi connectivity index (χ1) is 12.8. The van der Waals surface area contributed by atoms with E-state index >= 15 is 0 Å². The molecule has 0 aromatic carbocycles.